The summed E-state index contributed by atoms with van der Waals surface area (Å²) in [7, 11) is 0. The van der Waals surface area contributed by atoms with E-state index >= 15 is 0 Å². The number of rotatable bonds is 10. The summed E-state index contributed by atoms with van der Waals surface area (Å²) in [6.07, 6.45) is 10.7. The fourth-order valence-electron chi connectivity index (χ4n) is 3.91. The van der Waals surface area contributed by atoms with E-state index in [0.717, 1.165) is 48.3 Å². The van der Waals surface area contributed by atoms with Gasteiger partial charge in [-0.1, -0.05) is 54.6 Å². The number of nitrogens with zero attached hydrogens (tertiary/aromatic N) is 3. The molecule has 0 amide bonds. The van der Waals surface area contributed by atoms with Gasteiger partial charge in [-0.05, 0) is 60.7 Å². The Hall–Kier alpha value is -4.12. The van der Waals surface area contributed by atoms with Crippen LogP contribution in [0, 0.1) is 0 Å². The van der Waals surface area contributed by atoms with E-state index in [1.54, 1.807) is 6.26 Å². The number of hydrogen-bond acceptors (Lipinski definition) is 4. The zero-order valence-electron chi connectivity index (χ0n) is 19.0. The molecule has 3 aromatic carbocycles. The van der Waals surface area contributed by atoms with E-state index in [-0.39, 0.29) is 0 Å². The lowest BCUT2D eigenvalue weighted by atomic mass is 10.1. The number of para-hydroxylation sites is 2. The maximum Gasteiger partial charge on any atom is 0.218 e. The Labute approximate surface area is 199 Å². The predicted octanol–water partition coefficient (Wildman–Crippen LogP) is 6.80. The Morgan fingerprint density at radius 1 is 0.853 bits per heavy atom. The zero-order valence-corrected chi connectivity index (χ0v) is 19.0. The topological polar surface area (TPSA) is 53.1 Å². The van der Waals surface area contributed by atoms with E-state index in [4.69, 9.17) is 9.15 Å². The van der Waals surface area contributed by atoms with Crippen LogP contribution in [0.25, 0.3) is 23.2 Å². The van der Waals surface area contributed by atoms with Crippen molar-refractivity contribution in [2.75, 3.05) is 0 Å². The molecule has 5 aromatic rings. The lowest BCUT2D eigenvalue weighted by molar-refractivity contribution is 0.301. The van der Waals surface area contributed by atoms with Gasteiger partial charge >= 0.3 is 0 Å². The van der Waals surface area contributed by atoms with Crippen LogP contribution < -0.4 is 4.74 Å². The molecule has 2 heterocycles. The van der Waals surface area contributed by atoms with E-state index in [1.807, 2.05) is 67.0 Å². The number of imidazole rings is 1. The normalized spacial score (nSPS) is 11.4. The molecule has 0 spiro atoms. The van der Waals surface area contributed by atoms with E-state index in [2.05, 4.69) is 44.9 Å². The molecule has 34 heavy (non-hydrogen) atoms. The van der Waals surface area contributed by atoms with Crippen molar-refractivity contribution < 1.29 is 9.15 Å². The van der Waals surface area contributed by atoms with Crippen molar-refractivity contribution in [1.29, 1.82) is 0 Å². The molecule has 5 heteroatoms. The first-order valence-corrected chi connectivity index (χ1v) is 11.6. The Bertz CT molecular complexity index is 1350. The molecule has 0 aliphatic carbocycles. The molecule has 0 bridgehead atoms. The molecule has 0 saturated heterocycles. The van der Waals surface area contributed by atoms with Crippen molar-refractivity contribution in [2.45, 2.75) is 32.4 Å². The van der Waals surface area contributed by atoms with Crippen LogP contribution in [0.2, 0.25) is 0 Å². The van der Waals surface area contributed by atoms with E-state index in [9.17, 15) is 0 Å². The third kappa shape index (κ3) is 5.62. The van der Waals surface area contributed by atoms with Crippen molar-refractivity contribution in [3.8, 4) is 5.75 Å². The molecule has 0 atom stereocenters. The van der Waals surface area contributed by atoms with Crippen molar-refractivity contribution in [1.82, 2.24) is 14.5 Å². The highest BCUT2D eigenvalue weighted by Crippen LogP contribution is 2.17. The number of oxazole rings is 1. The van der Waals surface area contributed by atoms with E-state index in [0.29, 0.717) is 12.5 Å². The highest BCUT2D eigenvalue weighted by molar-refractivity contribution is 5.74. The van der Waals surface area contributed by atoms with E-state index in [1.165, 1.54) is 11.1 Å². The van der Waals surface area contributed by atoms with Crippen LogP contribution in [0.1, 0.15) is 35.6 Å². The van der Waals surface area contributed by atoms with Gasteiger partial charge in [-0.25, -0.2) is 9.97 Å². The molecule has 170 valence electrons. The van der Waals surface area contributed by atoms with Gasteiger partial charge in [0.15, 0.2) is 0 Å². The molecular formula is C29H27N3O2. The predicted molar refractivity (Wildman–Crippen MR) is 135 cm³/mol. The molecule has 0 unspecified atom stereocenters. The van der Waals surface area contributed by atoms with Crippen LogP contribution in [0.4, 0.5) is 0 Å². The molecule has 5 nitrogen and oxygen atoms in total. The second kappa shape index (κ2) is 10.7. The van der Waals surface area contributed by atoms with Crippen molar-refractivity contribution in [2.24, 2.45) is 0 Å². The Morgan fingerprint density at radius 3 is 2.56 bits per heavy atom. The van der Waals surface area contributed by atoms with E-state index < -0.39 is 0 Å². The maximum atomic E-state index is 5.88. The molecule has 0 aliphatic rings. The number of aromatic nitrogens is 3. The van der Waals surface area contributed by atoms with Gasteiger partial charge in [-0.2, -0.15) is 0 Å². The standard InChI is InChI=1S/C29H27N3O2/c1-2-8-23(9-3-1)15-18-29-31-25(21-34-29)20-33-26-16-13-24(14-17-26)10-6-7-19-32-22-30-27-11-4-5-12-28(27)32/h1-5,8-9,11-18,21-22H,6-7,10,19-20H2. The lowest BCUT2D eigenvalue weighted by Crippen LogP contribution is -1.98. The van der Waals surface area contributed by atoms with Crippen molar-refractivity contribution >= 4 is 23.2 Å². The number of aryl methyl sites for hydroxylation is 2. The average Bonchev–Trinajstić information content (AvgIpc) is 3.52. The average molecular weight is 450 g/mol. The SMILES string of the molecule is C(=Cc1nc(COc2ccc(CCCCn3cnc4ccccc43)cc2)co1)c1ccccc1. The van der Waals surface area contributed by atoms with Gasteiger partial charge < -0.3 is 13.7 Å². The van der Waals surface area contributed by atoms with Crippen molar-refractivity contribution in [3.05, 3.63) is 114 Å². The smallest absolute Gasteiger partial charge is 0.218 e. The second-order valence-corrected chi connectivity index (χ2v) is 8.24. The number of benzene rings is 3. The number of ether oxygens (including phenoxy) is 1. The van der Waals surface area contributed by atoms with Crippen LogP contribution >= 0.6 is 0 Å². The summed E-state index contributed by atoms with van der Waals surface area (Å²) in [4.78, 5) is 8.93. The summed E-state index contributed by atoms with van der Waals surface area (Å²) >= 11 is 0. The highest BCUT2D eigenvalue weighted by Gasteiger charge is 2.04. The molecule has 0 fully saturated rings. The Kier molecular flexibility index (Phi) is 6.81. The lowest BCUT2D eigenvalue weighted by Gasteiger charge is -2.07. The minimum absolute atomic E-state index is 0.376. The quantitative estimate of drug-likeness (QED) is 0.220. The first-order chi connectivity index (χ1) is 16.8. The van der Waals surface area contributed by atoms with Gasteiger partial charge in [0.2, 0.25) is 5.89 Å². The first kappa shape index (κ1) is 21.7. The zero-order chi connectivity index (χ0) is 23.0. The van der Waals surface area contributed by atoms with Gasteiger partial charge in [-0.3, -0.25) is 0 Å². The fourth-order valence-corrected chi connectivity index (χ4v) is 3.91. The highest BCUT2D eigenvalue weighted by atomic mass is 16.5. The van der Waals surface area contributed by atoms with Gasteiger partial charge in [0.05, 0.1) is 17.4 Å². The molecule has 0 saturated carbocycles. The monoisotopic (exact) mass is 449 g/mol. The second-order valence-electron chi connectivity index (χ2n) is 8.24. The van der Waals surface area contributed by atoms with Crippen molar-refractivity contribution in [3.63, 3.8) is 0 Å². The summed E-state index contributed by atoms with van der Waals surface area (Å²) < 4.78 is 13.6. The largest absolute Gasteiger partial charge is 0.487 e. The molecule has 5 rings (SSSR count). The fraction of sp³-hybridized carbons (Fsp3) is 0.172. The third-order valence-corrected chi connectivity index (χ3v) is 5.74. The van der Waals surface area contributed by atoms with Crippen LogP contribution in [0.5, 0.6) is 5.75 Å². The number of hydrogen-bond donors (Lipinski definition) is 0. The number of unbranched alkanes of at least 4 members (excludes halogenated alkanes) is 1. The third-order valence-electron chi connectivity index (χ3n) is 5.74. The van der Waals surface area contributed by atoms with Crippen LogP contribution in [0.15, 0.2) is 95.9 Å². The van der Waals surface area contributed by atoms with Crippen LogP contribution in [0.3, 0.4) is 0 Å². The van der Waals surface area contributed by atoms with Crippen LogP contribution in [-0.4, -0.2) is 14.5 Å². The summed E-state index contributed by atoms with van der Waals surface area (Å²) in [6, 6.07) is 26.7. The summed E-state index contributed by atoms with van der Waals surface area (Å²) in [5, 5.41) is 0. The minimum Gasteiger partial charge on any atom is -0.487 e. The van der Waals surface area contributed by atoms with Gasteiger partial charge in [0.25, 0.3) is 0 Å². The number of fused-ring (bicyclic) bond motifs is 1. The summed E-state index contributed by atoms with van der Waals surface area (Å²) in [5.74, 6) is 1.40. The Balaban J connectivity index is 1.06. The Morgan fingerprint density at radius 2 is 1.68 bits per heavy atom. The van der Waals surface area contributed by atoms with Crippen LogP contribution in [-0.2, 0) is 19.6 Å². The summed E-state index contributed by atoms with van der Waals surface area (Å²) in [5.41, 5.74) is 5.45. The van der Waals surface area contributed by atoms with Gasteiger partial charge in [0.1, 0.15) is 24.3 Å². The molecule has 0 N–H and O–H groups in total. The van der Waals surface area contributed by atoms with Gasteiger partial charge in [0, 0.05) is 12.6 Å². The first-order valence-electron chi connectivity index (χ1n) is 11.6. The van der Waals surface area contributed by atoms with Gasteiger partial charge in [-0.15, -0.1) is 0 Å². The molecule has 0 radical (unpaired) electrons. The minimum atomic E-state index is 0.376. The molecular weight excluding hydrogens is 422 g/mol. The summed E-state index contributed by atoms with van der Waals surface area (Å²) in [6.45, 7) is 1.36. The molecule has 0 aliphatic heterocycles. The molecule has 2 aromatic heterocycles. The maximum absolute atomic E-state index is 5.88.